The van der Waals surface area contributed by atoms with Gasteiger partial charge in [-0.05, 0) is 57.5 Å². The molecule has 2 heterocycles. The van der Waals surface area contributed by atoms with Crippen molar-refractivity contribution in [2.24, 2.45) is 5.92 Å². The molecule has 0 spiro atoms. The van der Waals surface area contributed by atoms with Gasteiger partial charge in [0.25, 0.3) is 0 Å². The fraction of sp³-hybridized carbons (Fsp3) is 0.444. The fourth-order valence-electron chi connectivity index (χ4n) is 4.21. The van der Waals surface area contributed by atoms with Gasteiger partial charge >= 0.3 is 0 Å². The van der Waals surface area contributed by atoms with Gasteiger partial charge in [0.05, 0.1) is 6.54 Å². The summed E-state index contributed by atoms with van der Waals surface area (Å²) < 4.78 is 5.46. The Hall–Kier alpha value is -2.64. The zero-order chi connectivity index (χ0) is 23.8. The molecule has 6 nitrogen and oxygen atoms in total. The summed E-state index contributed by atoms with van der Waals surface area (Å²) in [6.07, 6.45) is 2.74. The second-order valence-electron chi connectivity index (χ2n) is 9.11. The minimum atomic E-state index is 0.0991. The molecule has 1 aliphatic heterocycles. The zero-order valence-corrected chi connectivity index (χ0v) is 20.9. The average molecular weight is 479 g/mol. The number of nitrogens with zero attached hydrogens (tertiary/aromatic N) is 3. The number of hydrogen-bond donors (Lipinski definition) is 1. The number of nitrogens with one attached hydrogen (secondary N) is 1. The molecule has 4 rings (SSSR count). The minimum absolute atomic E-state index is 0.0991. The van der Waals surface area contributed by atoms with Crippen molar-refractivity contribution in [1.29, 1.82) is 0 Å². The van der Waals surface area contributed by atoms with E-state index in [1.807, 2.05) is 36.0 Å². The van der Waals surface area contributed by atoms with Gasteiger partial charge in [0, 0.05) is 23.8 Å². The van der Waals surface area contributed by atoms with E-state index in [-0.39, 0.29) is 11.8 Å². The van der Waals surface area contributed by atoms with Crippen LogP contribution in [0.2, 0.25) is 0 Å². The number of likely N-dealkylation sites (tertiary alicyclic amines) is 1. The molecule has 34 heavy (non-hydrogen) atoms. The van der Waals surface area contributed by atoms with Crippen LogP contribution in [0.15, 0.2) is 53.1 Å². The van der Waals surface area contributed by atoms with Crippen LogP contribution < -0.4 is 5.32 Å². The number of carbonyl (C=O) groups is 1. The van der Waals surface area contributed by atoms with E-state index >= 15 is 0 Å². The van der Waals surface area contributed by atoms with E-state index in [1.165, 1.54) is 16.7 Å². The van der Waals surface area contributed by atoms with Crippen LogP contribution in [0.5, 0.6) is 0 Å². The Balaban J connectivity index is 1.11. The lowest BCUT2D eigenvalue weighted by Crippen LogP contribution is -2.40. The van der Waals surface area contributed by atoms with Gasteiger partial charge in [-0.2, -0.15) is 16.7 Å². The quantitative estimate of drug-likeness (QED) is 0.413. The Bertz CT molecular complexity index is 1060. The fourth-order valence-corrected chi connectivity index (χ4v) is 5.11. The van der Waals surface area contributed by atoms with Crippen molar-refractivity contribution in [3.05, 3.63) is 71.1 Å². The molecular weight excluding hydrogens is 444 g/mol. The number of benzene rings is 2. The molecule has 1 aliphatic rings. The van der Waals surface area contributed by atoms with Gasteiger partial charge in [-0.25, -0.2) is 0 Å². The molecule has 7 heteroatoms. The van der Waals surface area contributed by atoms with Crippen LogP contribution >= 0.6 is 11.8 Å². The third kappa shape index (κ3) is 7.18. The van der Waals surface area contributed by atoms with Gasteiger partial charge in [0.1, 0.15) is 0 Å². The van der Waals surface area contributed by atoms with Crippen LogP contribution in [-0.4, -0.2) is 46.3 Å². The molecule has 0 atom stereocenters. The molecule has 0 unspecified atom stereocenters. The third-order valence-corrected chi connectivity index (χ3v) is 7.33. The number of carbonyl (C=O) groups excluding carboxylic acids is 1. The number of aromatic nitrogens is 2. The molecule has 2 aromatic carbocycles. The summed E-state index contributed by atoms with van der Waals surface area (Å²) in [5, 5.41) is 7.26. The van der Waals surface area contributed by atoms with Crippen molar-refractivity contribution in [2.75, 3.05) is 25.4 Å². The van der Waals surface area contributed by atoms with Gasteiger partial charge in [0.15, 0.2) is 0 Å². The first-order valence-electron chi connectivity index (χ1n) is 12.1. The van der Waals surface area contributed by atoms with Crippen molar-refractivity contribution in [3.63, 3.8) is 0 Å². The Morgan fingerprint density at radius 2 is 1.91 bits per heavy atom. The maximum Gasteiger partial charge on any atom is 0.241 e. The summed E-state index contributed by atoms with van der Waals surface area (Å²) in [7, 11) is 0. The number of hydrogen-bond acceptors (Lipinski definition) is 6. The molecule has 0 bridgehead atoms. The highest BCUT2D eigenvalue weighted by atomic mass is 32.2. The second kappa shape index (κ2) is 12.2. The van der Waals surface area contributed by atoms with Gasteiger partial charge in [-0.15, -0.1) is 0 Å². The average Bonchev–Trinajstić information content (AvgIpc) is 3.30. The second-order valence-corrected chi connectivity index (χ2v) is 10.2. The zero-order valence-electron chi connectivity index (χ0n) is 20.1. The number of aryl methyl sites for hydroxylation is 2. The summed E-state index contributed by atoms with van der Waals surface area (Å²) in [6, 6.07) is 16.8. The van der Waals surface area contributed by atoms with E-state index in [1.54, 1.807) is 0 Å². The monoisotopic (exact) mass is 478 g/mol. The molecule has 1 amide bonds. The number of rotatable bonds is 10. The summed E-state index contributed by atoms with van der Waals surface area (Å²) in [5.41, 5.74) is 4.84. The topological polar surface area (TPSA) is 71.3 Å². The standard InChI is InChI=1S/C27H34N4O2S/c1-20-7-9-23(10-8-20)26-29-25(33-30-26)18-31-14-11-24(12-15-31)27(32)28-13-4-16-34-19-22-6-3-5-21(2)17-22/h3,5-10,17,24H,4,11-16,18-19H2,1-2H3,(H,28,32). The van der Waals surface area contributed by atoms with Crippen LogP contribution in [0.4, 0.5) is 0 Å². The van der Waals surface area contributed by atoms with Crippen LogP contribution in [-0.2, 0) is 17.1 Å². The molecule has 1 saturated heterocycles. The molecule has 1 aromatic heterocycles. The summed E-state index contributed by atoms with van der Waals surface area (Å²) in [5.74, 6) is 3.63. The van der Waals surface area contributed by atoms with E-state index in [0.717, 1.165) is 56.0 Å². The van der Waals surface area contributed by atoms with Crippen LogP contribution in [0.3, 0.4) is 0 Å². The molecule has 0 radical (unpaired) electrons. The molecule has 1 fully saturated rings. The van der Waals surface area contributed by atoms with Crippen LogP contribution in [0, 0.1) is 19.8 Å². The van der Waals surface area contributed by atoms with E-state index in [2.05, 4.69) is 58.5 Å². The smallest absolute Gasteiger partial charge is 0.241 e. The normalized spacial score (nSPS) is 14.9. The van der Waals surface area contributed by atoms with Crippen molar-refractivity contribution >= 4 is 17.7 Å². The first-order chi connectivity index (χ1) is 16.6. The Morgan fingerprint density at radius 1 is 1.12 bits per heavy atom. The van der Waals surface area contributed by atoms with Gasteiger partial charge in [-0.1, -0.05) is 64.8 Å². The van der Waals surface area contributed by atoms with Crippen molar-refractivity contribution in [3.8, 4) is 11.4 Å². The van der Waals surface area contributed by atoms with Crippen molar-refractivity contribution in [2.45, 2.75) is 45.4 Å². The van der Waals surface area contributed by atoms with Crippen molar-refractivity contribution < 1.29 is 9.32 Å². The molecule has 1 N–H and O–H groups in total. The Morgan fingerprint density at radius 3 is 2.68 bits per heavy atom. The lowest BCUT2D eigenvalue weighted by molar-refractivity contribution is -0.126. The van der Waals surface area contributed by atoms with E-state index in [0.29, 0.717) is 18.3 Å². The summed E-state index contributed by atoms with van der Waals surface area (Å²) in [6.45, 7) is 7.30. The lowest BCUT2D eigenvalue weighted by Gasteiger charge is -2.30. The van der Waals surface area contributed by atoms with E-state index < -0.39 is 0 Å². The summed E-state index contributed by atoms with van der Waals surface area (Å²) in [4.78, 5) is 19.4. The highest BCUT2D eigenvalue weighted by molar-refractivity contribution is 7.98. The van der Waals surface area contributed by atoms with Gasteiger partial charge < -0.3 is 9.84 Å². The van der Waals surface area contributed by atoms with Crippen molar-refractivity contribution in [1.82, 2.24) is 20.4 Å². The molecule has 180 valence electrons. The maximum absolute atomic E-state index is 12.6. The van der Waals surface area contributed by atoms with Crippen LogP contribution in [0.25, 0.3) is 11.4 Å². The van der Waals surface area contributed by atoms with Crippen LogP contribution in [0.1, 0.15) is 41.8 Å². The predicted molar refractivity (Wildman–Crippen MR) is 137 cm³/mol. The SMILES string of the molecule is Cc1ccc(-c2noc(CN3CCC(C(=O)NCCCSCc4cccc(C)c4)CC3)n2)cc1. The highest BCUT2D eigenvalue weighted by Gasteiger charge is 2.25. The largest absolute Gasteiger partial charge is 0.356 e. The molecular formula is C27H34N4O2S. The summed E-state index contributed by atoms with van der Waals surface area (Å²) >= 11 is 1.93. The Labute approximate surface area is 206 Å². The number of thioether (sulfide) groups is 1. The van der Waals surface area contributed by atoms with E-state index in [4.69, 9.17) is 4.52 Å². The molecule has 0 aliphatic carbocycles. The van der Waals surface area contributed by atoms with Gasteiger partial charge in [-0.3, -0.25) is 9.69 Å². The lowest BCUT2D eigenvalue weighted by atomic mass is 9.96. The number of piperidine rings is 1. The first-order valence-corrected chi connectivity index (χ1v) is 13.3. The predicted octanol–water partition coefficient (Wildman–Crippen LogP) is 5.01. The molecule has 3 aromatic rings. The third-order valence-electron chi connectivity index (χ3n) is 6.21. The number of amides is 1. The van der Waals surface area contributed by atoms with E-state index in [9.17, 15) is 4.79 Å². The minimum Gasteiger partial charge on any atom is -0.356 e. The first kappa shape index (κ1) is 24.5. The maximum atomic E-state index is 12.6. The van der Waals surface area contributed by atoms with Gasteiger partial charge in [0.2, 0.25) is 17.6 Å². The highest BCUT2D eigenvalue weighted by Crippen LogP contribution is 2.21. The Kier molecular flexibility index (Phi) is 8.77. The molecule has 0 saturated carbocycles.